The van der Waals surface area contributed by atoms with E-state index in [1.807, 2.05) is 11.3 Å². The van der Waals surface area contributed by atoms with Gasteiger partial charge in [-0.05, 0) is 43.3 Å². The second-order valence-electron chi connectivity index (χ2n) is 7.90. The summed E-state index contributed by atoms with van der Waals surface area (Å²) in [6.07, 6.45) is 5.04. The molecule has 0 bridgehead atoms. The van der Waals surface area contributed by atoms with E-state index in [1.54, 1.807) is 0 Å². The number of benzene rings is 2. The van der Waals surface area contributed by atoms with Crippen molar-refractivity contribution in [1.29, 1.82) is 0 Å². The Hall–Kier alpha value is -2.72. The molecule has 0 atom stereocenters. The predicted molar refractivity (Wildman–Crippen MR) is 122 cm³/mol. The summed E-state index contributed by atoms with van der Waals surface area (Å²) in [5.41, 5.74) is 4.43. The number of fused-ring (bicyclic) bond motifs is 1. The molecule has 0 unspecified atom stereocenters. The van der Waals surface area contributed by atoms with Crippen molar-refractivity contribution in [3.05, 3.63) is 76.5 Å². The number of aryl methyl sites for hydroxylation is 1. The Balaban J connectivity index is 1.67. The van der Waals surface area contributed by atoms with E-state index in [1.165, 1.54) is 36.1 Å². The van der Waals surface area contributed by atoms with Gasteiger partial charge in [-0.25, -0.2) is 9.97 Å². The smallest absolute Gasteiger partial charge is 0.227 e. The van der Waals surface area contributed by atoms with Gasteiger partial charge in [0.25, 0.3) is 0 Å². The van der Waals surface area contributed by atoms with E-state index in [0.29, 0.717) is 6.04 Å². The first-order valence-corrected chi connectivity index (χ1v) is 11.3. The third kappa shape index (κ3) is 3.77. The van der Waals surface area contributed by atoms with Crippen LogP contribution in [0.2, 0.25) is 0 Å². The van der Waals surface area contributed by atoms with E-state index in [-0.39, 0.29) is 0 Å². The van der Waals surface area contributed by atoms with Crippen molar-refractivity contribution in [2.45, 2.75) is 45.2 Å². The molecule has 4 heteroatoms. The molecule has 0 radical (unpaired) electrons. The summed E-state index contributed by atoms with van der Waals surface area (Å²) in [4.78, 5) is 14.0. The van der Waals surface area contributed by atoms with Gasteiger partial charge >= 0.3 is 0 Å². The zero-order chi connectivity index (χ0) is 19.6. The van der Waals surface area contributed by atoms with Crippen molar-refractivity contribution in [1.82, 2.24) is 9.97 Å². The maximum atomic E-state index is 5.16. The van der Waals surface area contributed by atoms with Crippen LogP contribution in [0.5, 0.6) is 0 Å². The van der Waals surface area contributed by atoms with Gasteiger partial charge in [-0.2, -0.15) is 0 Å². The average molecular weight is 400 g/mol. The van der Waals surface area contributed by atoms with Crippen LogP contribution in [-0.2, 0) is 6.54 Å². The Morgan fingerprint density at radius 2 is 1.79 bits per heavy atom. The zero-order valence-electron chi connectivity index (χ0n) is 16.7. The molecule has 0 spiro atoms. The molecule has 1 aliphatic rings. The molecule has 1 fully saturated rings. The summed E-state index contributed by atoms with van der Waals surface area (Å²) in [5.74, 6) is 0.862. The molecular formula is C25H25N3S. The van der Waals surface area contributed by atoms with Crippen LogP contribution in [0.15, 0.2) is 66.0 Å². The summed E-state index contributed by atoms with van der Waals surface area (Å²) in [6, 6.07) is 21.9. The number of hydrogen-bond donors (Lipinski definition) is 0. The summed E-state index contributed by atoms with van der Waals surface area (Å²) in [5, 5.41) is 3.28. The molecule has 0 saturated heterocycles. The SMILES string of the molecule is Cc1ccc2nc(N(Cc3cccs3)C3CCCC3)nc(-c3ccccc3)c2c1. The standard InChI is InChI=1S/C25H25N3S/c1-18-13-14-23-22(16-18)24(19-8-3-2-4-9-19)27-25(26-23)28(20-10-5-6-11-20)17-21-12-7-15-29-21/h2-4,7-9,12-16,20H,5-6,10-11,17H2,1H3. The molecule has 0 amide bonds. The Bertz CT molecular complexity index is 1100. The first-order valence-electron chi connectivity index (χ1n) is 10.4. The Morgan fingerprint density at radius 1 is 0.966 bits per heavy atom. The maximum absolute atomic E-state index is 5.16. The van der Waals surface area contributed by atoms with E-state index in [9.17, 15) is 0 Å². The maximum Gasteiger partial charge on any atom is 0.227 e. The summed E-state index contributed by atoms with van der Waals surface area (Å²) in [6.45, 7) is 3.01. The van der Waals surface area contributed by atoms with Gasteiger partial charge in [-0.1, -0.05) is 60.9 Å². The number of rotatable bonds is 5. The normalized spacial score (nSPS) is 14.5. The highest BCUT2D eigenvalue weighted by atomic mass is 32.1. The molecular weight excluding hydrogens is 374 g/mol. The lowest BCUT2D eigenvalue weighted by molar-refractivity contribution is 0.594. The van der Waals surface area contributed by atoms with Crippen molar-refractivity contribution < 1.29 is 0 Å². The molecule has 146 valence electrons. The highest BCUT2D eigenvalue weighted by Gasteiger charge is 2.26. The minimum atomic E-state index is 0.517. The lowest BCUT2D eigenvalue weighted by atomic mass is 10.0. The molecule has 2 aromatic heterocycles. The summed E-state index contributed by atoms with van der Waals surface area (Å²) >= 11 is 1.81. The molecule has 1 aliphatic carbocycles. The zero-order valence-corrected chi connectivity index (χ0v) is 17.5. The number of hydrogen-bond acceptors (Lipinski definition) is 4. The topological polar surface area (TPSA) is 29.0 Å². The number of nitrogens with zero attached hydrogens (tertiary/aromatic N) is 3. The minimum Gasteiger partial charge on any atom is -0.333 e. The van der Waals surface area contributed by atoms with Crippen molar-refractivity contribution in [2.24, 2.45) is 0 Å². The van der Waals surface area contributed by atoms with Crippen LogP contribution in [-0.4, -0.2) is 16.0 Å². The van der Waals surface area contributed by atoms with E-state index < -0.39 is 0 Å². The summed E-state index contributed by atoms with van der Waals surface area (Å²) in [7, 11) is 0. The molecule has 3 nitrogen and oxygen atoms in total. The first kappa shape index (κ1) is 18.3. The third-order valence-electron chi connectivity index (χ3n) is 5.82. The van der Waals surface area contributed by atoms with Crippen LogP contribution in [0, 0.1) is 6.92 Å². The van der Waals surface area contributed by atoms with Crippen LogP contribution in [0.1, 0.15) is 36.1 Å². The van der Waals surface area contributed by atoms with Crippen LogP contribution >= 0.6 is 11.3 Å². The second kappa shape index (κ2) is 7.96. The number of anilines is 1. The largest absolute Gasteiger partial charge is 0.333 e. The molecule has 1 saturated carbocycles. The van der Waals surface area contributed by atoms with Gasteiger partial charge in [0, 0.05) is 21.9 Å². The van der Waals surface area contributed by atoms with Gasteiger partial charge < -0.3 is 4.90 Å². The Labute approximate surface area is 176 Å². The van der Waals surface area contributed by atoms with Crippen molar-refractivity contribution in [3.8, 4) is 11.3 Å². The molecule has 5 rings (SSSR count). The fourth-order valence-electron chi connectivity index (χ4n) is 4.32. The van der Waals surface area contributed by atoms with E-state index >= 15 is 0 Å². The van der Waals surface area contributed by atoms with E-state index in [0.717, 1.165) is 34.7 Å². The third-order valence-corrected chi connectivity index (χ3v) is 6.68. The molecule has 0 aliphatic heterocycles. The highest BCUT2D eigenvalue weighted by molar-refractivity contribution is 7.09. The van der Waals surface area contributed by atoms with Crippen LogP contribution in [0.25, 0.3) is 22.2 Å². The number of thiophene rings is 1. The summed E-state index contributed by atoms with van der Waals surface area (Å²) < 4.78 is 0. The monoisotopic (exact) mass is 399 g/mol. The Morgan fingerprint density at radius 3 is 2.55 bits per heavy atom. The van der Waals surface area contributed by atoms with Gasteiger partial charge in [0.1, 0.15) is 0 Å². The first-order chi connectivity index (χ1) is 14.3. The van der Waals surface area contributed by atoms with Gasteiger partial charge in [0.2, 0.25) is 5.95 Å². The molecule has 2 heterocycles. The Kier molecular flexibility index (Phi) is 5.03. The van der Waals surface area contributed by atoms with Gasteiger partial charge in [-0.15, -0.1) is 11.3 Å². The number of aromatic nitrogens is 2. The van der Waals surface area contributed by atoms with E-state index in [2.05, 4.69) is 77.9 Å². The van der Waals surface area contributed by atoms with Crippen LogP contribution < -0.4 is 4.90 Å². The quantitative estimate of drug-likeness (QED) is 0.378. The predicted octanol–water partition coefficient (Wildman–Crippen LogP) is 6.62. The van der Waals surface area contributed by atoms with Crippen LogP contribution in [0.3, 0.4) is 0 Å². The molecule has 2 aromatic carbocycles. The average Bonchev–Trinajstić information content (AvgIpc) is 3.46. The van der Waals surface area contributed by atoms with Gasteiger partial charge in [-0.3, -0.25) is 0 Å². The lowest BCUT2D eigenvalue weighted by Crippen LogP contribution is -2.34. The second-order valence-corrected chi connectivity index (χ2v) is 8.94. The van der Waals surface area contributed by atoms with Crippen molar-refractivity contribution in [3.63, 3.8) is 0 Å². The van der Waals surface area contributed by atoms with Crippen molar-refractivity contribution >= 4 is 28.2 Å². The van der Waals surface area contributed by atoms with Gasteiger partial charge in [0.05, 0.1) is 17.8 Å². The molecule has 0 N–H and O–H groups in total. The van der Waals surface area contributed by atoms with Gasteiger partial charge in [0.15, 0.2) is 0 Å². The highest BCUT2D eigenvalue weighted by Crippen LogP contribution is 2.33. The fourth-order valence-corrected chi connectivity index (χ4v) is 5.03. The van der Waals surface area contributed by atoms with Crippen LogP contribution in [0.4, 0.5) is 5.95 Å². The lowest BCUT2D eigenvalue weighted by Gasteiger charge is -2.29. The fraction of sp³-hybridized carbons (Fsp3) is 0.280. The van der Waals surface area contributed by atoms with Crippen molar-refractivity contribution in [2.75, 3.05) is 4.90 Å². The molecule has 4 aromatic rings. The van der Waals surface area contributed by atoms with E-state index in [4.69, 9.17) is 9.97 Å². The minimum absolute atomic E-state index is 0.517. The molecule has 29 heavy (non-hydrogen) atoms.